The molecule has 0 aliphatic rings. The van der Waals surface area contributed by atoms with Gasteiger partial charge in [-0.05, 0) is 131 Å². The zero-order valence-electron chi connectivity index (χ0n) is 77.4. The Kier molecular flexibility index (Phi) is 38.6. The second kappa shape index (κ2) is 50.4. The predicted octanol–water partition coefficient (Wildman–Crippen LogP) is 7.81. The Morgan fingerprint density at radius 3 is 1.48 bits per heavy atom. The Morgan fingerprint density at radius 2 is 0.963 bits per heavy atom. The van der Waals surface area contributed by atoms with Crippen LogP contribution in [0.15, 0.2) is 115 Å². The van der Waals surface area contributed by atoms with Crippen molar-refractivity contribution in [1.29, 1.82) is 0 Å². The number of fused-ring (bicyclic) bond motifs is 1. The lowest BCUT2D eigenvalue weighted by Gasteiger charge is -2.27. The molecule has 0 radical (unpaired) electrons. The summed E-state index contributed by atoms with van der Waals surface area (Å²) in [5.41, 5.74) is 1.82. The lowest BCUT2D eigenvalue weighted by molar-refractivity contribution is -0.121. The maximum Gasteiger partial charge on any atom is 0.291 e. The van der Waals surface area contributed by atoms with Crippen molar-refractivity contribution in [2.45, 2.75) is 91.8 Å². The number of aryl methyl sites for hydroxylation is 8. The van der Waals surface area contributed by atoms with E-state index in [-0.39, 0.29) is 151 Å². The van der Waals surface area contributed by atoms with Crippen LogP contribution in [0.2, 0.25) is 0 Å². The Bertz CT molecular complexity index is 5740. The van der Waals surface area contributed by atoms with E-state index in [4.69, 9.17) is 47.4 Å². The number of anilines is 5. The minimum absolute atomic E-state index is 0.000311. The number of hydrogen-bond donors (Lipinski definition) is 12. The van der Waals surface area contributed by atoms with Gasteiger partial charge in [0.1, 0.15) is 46.5 Å². The fourth-order valence-corrected chi connectivity index (χ4v) is 13.9. The molecule has 9 amide bonds. The number of aromatic hydroxyl groups is 1. The first kappa shape index (κ1) is 103. The van der Waals surface area contributed by atoms with Gasteiger partial charge in [0.05, 0.1) is 122 Å². The molecule has 0 saturated heterocycles. The quantitative estimate of drug-likeness (QED) is 0.0162. The highest BCUT2D eigenvalue weighted by atomic mass is 19.1. The van der Waals surface area contributed by atoms with E-state index in [1.54, 1.807) is 110 Å². The molecule has 0 aliphatic carbocycles. The molecule has 7 heterocycles. The van der Waals surface area contributed by atoms with Crippen LogP contribution >= 0.6 is 0 Å². The van der Waals surface area contributed by atoms with Crippen LogP contribution in [0.3, 0.4) is 0 Å². The standard InChI is InChI=1S/C92H120FN19O22/c1-57(2)132-43-41-130-39-37-128-35-33-126-31-29-125-30-32-127-34-36-129-38-40-131-42-44-133-74-16-14-63(50-72(74)113)99-85(117)69-51-67-68(54-112(12)91(123)80(67)102-69)66-47-61(13-15-73(66)134-81-59(4)45-62(93)46-60(81)5)92(6,124)22-17-58(3)18-23-94-77(114)19-24-98-88(120)83-105-75(55-110(83)10)103-78(115)20-25-97-87(119)71-49-65(53-109(71)9)101-90(122)84-106-76(56-111(84)11)104-79(116)21-26-96-86(118)70-48-64(52-108(70)8)100-89(121)82-95-27-28-107(82)7/h13-16,27-28,45-58,102,113,124H,17-26,29-44H2,1-12H3,(H,94,114)(H,96,118)(H,97,119)(H,98,120)(H,99,117)(H,100,121)(H,101,122)(H,103,115)(H,104,116)/t58-,92?/m0/s1. The van der Waals surface area contributed by atoms with E-state index in [2.05, 4.69) is 67.8 Å². The molecular weight excluding hydrogens is 1740 g/mol. The molecule has 7 aromatic heterocycles. The minimum atomic E-state index is -1.45. The first-order valence-electron chi connectivity index (χ1n) is 43.9. The highest BCUT2D eigenvalue weighted by molar-refractivity contribution is 6.09. The smallest absolute Gasteiger partial charge is 0.291 e. The zero-order valence-corrected chi connectivity index (χ0v) is 77.4. The second-order valence-electron chi connectivity index (χ2n) is 32.3. The number of benzene rings is 3. The van der Waals surface area contributed by atoms with Crippen molar-refractivity contribution in [2.24, 2.45) is 48.2 Å². The molecule has 10 rings (SSSR count). The van der Waals surface area contributed by atoms with Crippen molar-refractivity contribution in [3.8, 4) is 34.1 Å². The molecule has 41 nitrogen and oxygen atoms in total. The SMILES string of the molecule is Cc1cc(F)cc(C)c1Oc1ccc(C(C)(O)CC[C@H](C)CCNC(=O)CCNC(=O)c2nc(NC(=O)CCNC(=O)c3cc(NC(=O)c4nc(NC(=O)CCNC(=O)c5cc(NC(=O)c6nccn6C)cn5C)cn4C)cn3C)cn2C)cc1-c1cn(C)c(=O)c2[nH]c(C(=O)Nc3ccc(OCCOCCOCCOCCOCCOCCOCCOCCOC(C)C)c(O)c3)cc12. The van der Waals surface area contributed by atoms with Crippen LogP contribution < -0.4 is 62.9 Å². The maximum atomic E-state index is 14.7. The average molecular weight is 1860 g/mol. The summed E-state index contributed by atoms with van der Waals surface area (Å²) in [7, 11) is 9.56. The molecule has 722 valence electrons. The highest BCUT2D eigenvalue weighted by Gasteiger charge is 2.30. The van der Waals surface area contributed by atoms with Crippen LogP contribution in [0.25, 0.3) is 22.0 Å². The molecule has 0 bridgehead atoms. The number of carbonyl (C=O) groups is 9. The summed E-state index contributed by atoms with van der Waals surface area (Å²) >= 11 is 0. The van der Waals surface area contributed by atoms with Crippen LogP contribution in [0.4, 0.5) is 33.1 Å². The monoisotopic (exact) mass is 1860 g/mol. The number of carbonyl (C=O) groups excluding carboxylic acids is 9. The van der Waals surface area contributed by atoms with E-state index >= 15 is 0 Å². The highest BCUT2D eigenvalue weighted by Crippen LogP contribution is 2.43. The number of H-pyrrole nitrogens is 1. The van der Waals surface area contributed by atoms with Crippen molar-refractivity contribution in [2.75, 3.05) is 158 Å². The van der Waals surface area contributed by atoms with Crippen molar-refractivity contribution in [3.63, 3.8) is 0 Å². The largest absolute Gasteiger partial charge is 0.504 e. The first-order chi connectivity index (χ1) is 64.2. The molecule has 2 atom stereocenters. The minimum Gasteiger partial charge on any atom is -0.504 e. The lowest BCUT2D eigenvalue weighted by Crippen LogP contribution is -2.32. The van der Waals surface area contributed by atoms with Gasteiger partial charge in [0.25, 0.3) is 41.0 Å². The summed E-state index contributed by atoms with van der Waals surface area (Å²) in [5, 5.41) is 47.9. The van der Waals surface area contributed by atoms with Crippen LogP contribution in [-0.4, -0.2) is 249 Å². The average Bonchev–Trinajstić information content (AvgIpc) is 1.55. The van der Waals surface area contributed by atoms with Crippen LogP contribution in [0.1, 0.15) is 146 Å². The van der Waals surface area contributed by atoms with E-state index in [0.29, 0.717) is 162 Å². The molecule has 0 fully saturated rings. The third kappa shape index (κ3) is 30.8. The maximum absolute atomic E-state index is 14.7. The number of imidazole rings is 3. The van der Waals surface area contributed by atoms with Gasteiger partial charge < -0.3 is 138 Å². The van der Waals surface area contributed by atoms with Crippen molar-refractivity contribution in [3.05, 3.63) is 178 Å². The van der Waals surface area contributed by atoms with Gasteiger partial charge in [-0.3, -0.25) is 47.9 Å². The van der Waals surface area contributed by atoms with Crippen LogP contribution in [0.5, 0.6) is 23.0 Å². The molecule has 0 saturated carbocycles. The lowest BCUT2D eigenvalue weighted by atomic mass is 9.85. The van der Waals surface area contributed by atoms with E-state index < -0.39 is 64.2 Å². The van der Waals surface area contributed by atoms with Crippen LogP contribution in [-0.2, 0) is 100 Å². The topological polar surface area (TPSA) is 496 Å². The molecular formula is C92H120FN19O22. The summed E-state index contributed by atoms with van der Waals surface area (Å²) in [4.78, 5) is 148. The molecule has 3 aromatic carbocycles. The van der Waals surface area contributed by atoms with Crippen molar-refractivity contribution < 1.29 is 105 Å². The third-order valence-corrected chi connectivity index (χ3v) is 21.1. The Labute approximate surface area is 773 Å². The number of aromatic amines is 1. The summed E-state index contributed by atoms with van der Waals surface area (Å²) in [6.45, 7) is 17.6. The number of aliphatic hydroxyl groups is 1. The molecule has 42 heteroatoms. The van der Waals surface area contributed by atoms with Gasteiger partial charge in [-0.15, -0.1) is 0 Å². The fraction of sp³-hybridized carbons (Fsp3) is 0.446. The summed E-state index contributed by atoms with van der Waals surface area (Å²) < 4.78 is 79.9. The summed E-state index contributed by atoms with van der Waals surface area (Å²) in [6, 6.07) is 16.7. The van der Waals surface area contributed by atoms with E-state index in [1.807, 2.05) is 20.8 Å². The Hall–Kier alpha value is -13.5. The zero-order chi connectivity index (χ0) is 96.5. The first-order valence-corrected chi connectivity index (χ1v) is 43.9. The Morgan fingerprint density at radius 1 is 0.478 bits per heavy atom. The summed E-state index contributed by atoms with van der Waals surface area (Å²) in [5.74, 6) is -4.42. The van der Waals surface area contributed by atoms with Gasteiger partial charge in [0, 0.05) is 159 Å². The number of nitrogens with zero attached hydrogens (tertiary/aromatic N) is 9. The molecule has 0 aliphatic heterocycles. The van der Waals surface area contributed by atoms with E-state index in [9.17, 15) is 62.5 Å². The van der Waals surface area contributed by atoms with Gasteiger partial charge in [-0.1, -0.05) is 13.0 Å². The fourth-order valence-electron chi connectivity index (χ4n) is 13.9. The van der Waals surface area contributed by atoms with E-state index in [1.165, 1.54) is 90.1 Å². The number of ether oxygens (including phenoxy) is 10. The number of rotatable bonds is 56. The number of aromatic nitrogens is 10. The van der Waals surface area contributed by atoms with Crippen molar-refractivity contribution >= 4 is 92.8 Å². The van der Waals surface area contributed by atoms with Gasteiger partial charge in [-0.2, -0.15) is 0 Å². The number of phenolic OH excluding ortho intramolecular Hbond substituents is 1. The summed E-state index contributed by atoms with van der Waals surface area (Å²) in [6.07, 6.45) is 11.8. The number of phenols is 1. The normalized spacial score (nSPS) is 12.1. The number of pyridine rings is 1. The van der Waals surface area contributed by atoms with Crippen molar-refractivity contribution in [1.82, 2.24) is 68.6 Å². The van der Waals surface area contributed by atoms with E-state index in [0.717, 1.165) is 0 Å². The van der Waals surface area contributed by atoms with Gasteiger partial charge >= 0.3 is 0 Å². The number of halogens is 1. The Balaban J connectivity index is 0.612. The number of amides is 9. The molecule has 1 unspecified atom stereocenters. The van der Waals surface area contributed by atoms with Gasteiger partial charge in [-0.25, -0.2) is 19.3 Å². The van der Waals surface area contributed by atoms with Crippen LogP contribution in [0, 0.1) is 25.6 Å². The number of hydrogen-bond acceptors (Lipinski definition) is 25. The molecule has 134 heavy (non-hydrogen) atoms. The molecule has 0 spiro atoms. The third-order valence-electron chi connectivity index (χ3n) is 21.1. The number of nitrogens with one attached hydrogen (secondary N) is 10. The molecule has 12 N–H and O–H groups in total. The molecule has 10 aromatic rings. The second-order valence-corrected chi connectivity index (χ2v) is 32.3. The van der Waals surface area contributed by atoms with Gasteiger partial charge in [0.15, 0.2) is 29.0 Å². The predicted molar refractivity (Wildman–Crippen MR) is 493 cm³/mol. The van der Waals surface area contributed by atoms with Gasteiger partial charge in [0.2, 0.25) is 29.4 Å².